The average Bonchev–Trinajstić information content (AvgIpc) is 3.36. The fourth-order valence-electron chi connectivity index (χ4n) is 3.74. The zero-order chi connectivity index (χ0) is 22.0. The number of benzene rings is 2. The maximum atomic E-state index is 12.7. The van der Waals surface area contributed by atoms with E-state index in [9.17, 15) is 14.4 Å². The Kier molecular flexibility index (Phi) is 6.08. The van der Waals surface area contributed by atoms with Crippen LogP contribution in [0.15, 0.2) is 52.6 Å². The number of nitrogens with one attached hydrogen (secondary N) is 2. The number of anilines is 2. The molecule has 160 valence electrons. The number of carbonyl (C=O) groups excluding carboxylic acids is 3. The van der Waals surface area contributed by atoms with Gasteiger partial charge in [0.1, 0.15) is 12.2 Å². The molecule has 2 heterocycles. The molecule has 0 aliphatic carbocycles. The minimum atomic E-state index is -0.603. The topological polar surface area (TPSA) is 81.8 Å². The minimum absolute atomic E-state index is 0.165. The van der Waals surface area contributed by atoms with Gasteiger partial charge in [-0.3, -0.25) is 9.59 Å². The van der Waals surface area contributed by atoms with Gasteiger partial charge in [0, 0.05) is 28.9 Å². The van der Waals surface area contributed by atoms with E-state index in [1.165, 1.54) is 18.5 Å². The Morgan fingerprint density at radius 2 is 1.84 bits per heavy atom. The molecule has 7 nitrogen and oxygen atoms in total. The van der Waals surface area contributed by atoms with Gasteiger partial charge in [0.05, 0.1) is 0 Å². The summed E-state index contributed by atoms with van der Waals surface area (Å²) < 4.78 is 0.887. The van der Waals surface area contributed by atoms with Crippen LogP contribution < -0.4 is 15.5 Å². The SMILES string of the molecule is Cc1cc(N2CCCC2)ccc1/C=C1\NC(=O)N(CC(=O)Nc2ccc(Br)cc2)C1=O. The van der Waals surface area contributed by atoms with Crippen LogP contribution in [0.5, 0.6) is 0 Å². The first-order valence-corrected chi connectivity index (χ1v) is 11.0. The van der Waals surface area contributed by atoms with E-state index in [-0.39, 0.29) is 12.2 Å². The van der Waals surface area contributed by atoms with E-state index in [4.69, 9.17) is 0 Å². The number of urea groups is 1. The van der Waals surface area contributed by atoms with Gasteiger partial charge in [-0.05, 0) is 73.4 Å². The number of carbonyl (C=O) groups is 3. The first kappa shape index (κ1) is 21.1. The molecule has 0 spiro atoms. The second-order valence-corrected chi connectivity index (χ2v) is 8.59. The van der Waals surface area contributed by atoms with Gasteiger partial charge in [0.25, 0.3) is 5.91 Å². The zero-order valence-corrected chi connectivity index (χ0v) is 18.7. The lowest BCUT2D eigenvalue weighted by Gasteiger charge is -2.18. The summed E-state index contributed by atoms with van der Waals surface area (Å²) in [7, 11) is 0. The van der Waals surface area contributed by atoms with Crippen LogP contribution in [0, 0.1) is 6.92 Å². The number of aryl methyl sites for hydroxylation is 1. The fraction of sp³-hybridized carbons (Fsp3) is 0.261. The van der Waals surface area contributed by atoms with Crippen LogP contribution in [-0.4, -0.2) is 42.4 Å². The van der Waals surface area contributed by atoms with Crippen LogP contribution in [0.4, 0.5) is 16.2 Å². The quantitative estimate of drug-likeness (QED) is 0.500. The lowest BCUT2D eigenvalue weighted by atomic mass is 10.1. The Balaban J connectivity index is 1.44. The van der Waals surface area contributed by atoms with Crippen molar-refractivity contribution in [2.75, 3.05) is 29.9 Å². The Morgan fingerprint density at radius 3 is 2.52 bits per heavy atom. The highest BCUT2D eigenvalue weighted by Gasteiger charge is 2.35. The number of amides is 4. The highest BCUT2D eigenvalue weighted by Crippen LogP contribution is 2.25. The molecule has 0 unspecified atom stereocenters. The summed E-state index contributed by atoms with van der Waals surface area (Å²) in [6, 6.07) is 12.5. The second kappa shape index (κ2) is 8.93. The van der Waals surface area contributed by atoms with Crippen molar-refractivity contribution in [3.8, 4) is 0 Å². The van der Waals surface area contributed by atoms with E-state index >= 15 is 0 Å². The molecule has 0 bridgehead atoms. The maximum Gasteiger partial charge on any atom is 0.329 e. The molecule has 2 fully saturated rings. The predicted molar refractivity (Wildman–Crippen MR) is 124 cm³/mol. The number of rotatable bonds is 5. The standard InChI is InChI=1S/C23H23BrN4O3/c1-15-12-19(27-10-2-3-11-27)9-4-16(15)13-20-22(30)28(23(31)26-20)14-21(29)25-18-7-5-17(24)6-8-18/h4-9,12-13H,2-3,10-11,14H2,1H3,(H,25,29)(H,26,31)/b20-13-. The molecule has 4 rings (SSSR count). The molecular weight excluding hydrogens is 460 g/mol. The van der Waals surface area contributed by atoms with Crippen LogP contribution in [0.2, 0.25) is 0 Å². The molecule has 8 heteroatoms. The smallest absolute Gasteiger partial charge is 0.329 e. The summed E-state index contributed by atoms with van der Waals surface area (Å²) in [5, 5.41) is 5.26. The fourth-order valence-corrected chi connectivity index (χ4v) is 4.01. The van der Waals surface area contributed by atoms with E-state index in [1.54, 1.807) is 30.3 Å². The molecule has 31 heavy (non-hydrogen) atoms. The van der Waals surface area contributed by atoms with Crippen LogP contribution in [0.3, 0.4) is 0 Å². The minimum Gasteiger partial charge on any atom is -0.372 e. The molecule has 2 aliphatic rings. The largest absolute Gasteiger partial charge is 0.372 e. The summed E-state index contributed by atoms with van der Waals surface area (Å²) in [5.74, 6) is -0.961. The van der Waals surface area contributed by atoms with Gasteiger partial charge in [-0.25, -0.2) is 9.69 Å². The lowest BCUT2D eigenvalue weighted by Crippen LogP contribution is -2.38. The lowest BCUT2D eigenvalue weighted by molar-refractivity contribution is -0.127. The average molecular weight is 483 g/mol. The number of imide groups is 1. The monoisotopic (exact) mass is 482 g/mol. The second-order valence-electron chi connectivity index (χ2n) is 7.67. The molecule has 2 aliphatic heterocycles. The number of hydrogen-bond acceptors (Lipinski definition) is 4. The van der Waals surface area contributed by atoms with Gasteiger partial charge in [0.2, 0.25) is 5.91 Å². The van der Waals surface area contributed by atoms with Crippen molar-refractivity contribution >= 4 is 51.2 Å². The Bertz CT molecular complexity index is 1060. The van der Waals surface area contributed by atoms with Crippen molar-refractivity contribution in [2.45, 2.75) is 19.8 Å². The van der Waals surface area contributed by atoms with Crippen LogP contribution in [-0.2, 0) is 9.59 Å². The van der Waals surface area contributed by atoms with E-state index in [0.29, 0.717) is 5.69 Å². The summed E-state index contributed by atoms with van der Waals surface area (Å²) in [6.45, 7) is 3.75. The summed E-state index contributed by atoms with van der Waals surface area (Å²) in [6.07, 6.45) is 4.07. The number of hydrogen-bond donors (Lipinski definition) is 2. The van der Waals surface area contributed by atoms with Gasteiger partial charge in [0.15, 0.2) is 0 Å². The summed E-state index contributed by atoms with van der Waals surface area (Å²) in [5.41, 5.74) is 3.80. The molecule has 2 N–H and O–H groups in total. The van der Waals surface area contributed by atoms with Crippen LogP contribution >= 0.6 is 15.9 Å². The van der Waals surface area contributed by atoms with E-state index in [2.05, 4.69) is 37.5 Å². The molecule has 0 atom stereocenters. The van der Waals surface area contributed by atoms with Crippen molar-refractivity contribution in [3.63, 3.8) is 0 Å². The van der Waals surface area contributed by atoms with Crippen LogP contribution in [0.1, 0.15) is 24.0 Å². The number of halogens is 1. The third-order valence-electron chi connectivity index (χ3n) is 5.42. The Labute approximate surface area is 189 Å². The molecule has 2 saturated heterocycles. The van der Waals surface area contributed by atoms with Gasteiger partial charge in [-0.2, -0.15) is 0 Å². The maximum absolute atomic E-state index is 12.7. The molecule has 0 aromatic heterocycles. The van der Waals surface area contributed by atoms with E-state index in [1.807, 2.05) is 19.1 Å². The Hall–Kier alpha value is -3.13. The molecule has 4 amide bonds. The van der Waals surface area contributed by atoms with Gasteiger partial charge in [-0.15, -0.1) is 0 Å². The van der Waals surface area contributed by atoms with Crippen molar-refractivity contribution in [2.24, 2.45) is 0 Å². The molecule has 0 saturated carbocycles. The first-order valence-electron chi connectivity index (χ1n) is 10.2. The zero-order valence-electron chi connectivity index (χ0n) is 17.2. The summed E-state index contributed by atoms with van der Waals surface area (Å²) >= 11 is 3.33. The van der Waals surface area contributed by atoms with Gasteiger partial charge >= 0.3 is 6.03 Å². The molecule has 2 aromatic carbocycles. The van der Waals surface area contributed by atoms with E-state index in [0.717, 1.165) is 33.6 Å². The van der Waals surface area contributed by atoms with Gasteiger partial charge < -0.3 is 15.5 Å². The predicted octanol–water partition coefficient (Wildman–Crippen LogP) is 3.89. The van der Waals surface area contributed by atoms with Crippen molar-refractivity contribution in [3.05, 3.63) is 63.8 Å². The normalized spacial score (nSPS) is 17.4. The third kappa shape index (κ3) is 4.80. The highest BCUT2D eigenvalue weighted by atomic mass is 79.9. The highest BCUT2D eigenvalue weighted by molar-refractivity contribution is 9.10. The van der Waals surface area contributed by atoms with E-state index < -0.39 is 17.8 Å². The van der Waals surface area contributed by atoms with Crippen molar-refractivity contribution in [1.82, 2.24) is 10.2 Å². The van der Waals surface area contributed by atoms with Gasteiger partial charge in [-0.1, -0.05) is 22.0 Å². The molecular formula is C23H23BrN4O3. The Morgan fingerprint density at radius 1 is 1.13 bits per heavy atom. The molecule has 0 radical (unpaired) electrons. The molecule has 2 aromatic rings. The first-order chi connectivity index (χ1) is 14.9. The summed E-state index contributed by atoms with van der Waals surface area (Å²) in [4.78, 5) is 40.6. The van der Waals surface area contributed by atoms with Crippen molar-refractivity contribution < 1.29 is 14.4 Å². The van der Waals surface area contributed by atoms with Crippen molar-refractivity contribution in [1.29, 1.82) is 0 Å². The van der Waals surface area contributed by atoms with Crippen LogP contribution in [0.25, 0.3) is 6.08 Å². The third-order valence-corrected chi connectivity index (χ3v) is 5.95. The number of nitrogens with zero attached hydrogens (tertiary/aromatic N) is 2.